The molecule has 4 heterocycles. The van der Waals surface area contributed by atoms with Crippen LogP contribution in [0.1, 0.15) is 12.8 Å². The van der Waals surface area contributed by atoms with Gasteiger partial charge in [0.05, 0.1) is 0 Å². The summed E-state index contributed by atoms with van der Waals surface area (Å²) in [4.78, 5) is 13.2. The van der Waals surface area contributed by atoms with Crippen molar-refractivity contribution in [3.05, 3.63) is 42.1 Å². The molecule has 0 saturated carbocycles. The van der Waals surface area contributed by atoms with Crippen molar-refractivity contribution >= 4 is 23.1 Å². The Labute approximate surface area is 138 Å². The van der Waals surface area contributed by atoms with Crippen molar-refractivity contribution in [3.8, 4) is 11.3 Å². The lowest BCUT2D eigenvalue weighted by atomic mass is 10.1. The van der Waals surface area contributed by atoms with Crippen LogP contribution in [0.3, 0.4) is 0 Å². The average Bonchev–Trinajstić information content (AvgIpc) is 3.10. The molecule has 0 aliphatic carbocycles. The Morgan fingerprint density at radius 1 is 1.26 bits per heavy atom. The zero-order chi connectivity index (χ0) is 15.6. The van der Waals surface area contributed by atoms with E-state index in [2.05, 4.69) is 20.6 Å². The second kappa shape index (κ2) is 6.14. The van der Waals surface area contributed by atoms with Crippen LogP contribution in [0.15, 0.2) is 36.9 Å². The molecule has 1 atom stereocenters. The molecule has 1 aliphatic rings. The summed E-state index contributed by atoms with van der Waals surface area (Å²) in [5, 5.41) is 7.47. The lowest BCUT2D eigenvalue weighted by Gasteiger charge is -2.24. The van der Waals surface area contributed by atoms with E-state index < -0.39 is 0 Å². The van der Waals surface area contributed by atoms with E-state index in [4.69, 9.17) is 16.6 Å². The fourth-order valence-electron chi connectivity index (χ4n) is 2.92. The van der Waals surface area contributed by atoms with Gasteiger partial charge in [-0.25, -0.2) is 9.97 Å². The summed E-state index contributed by atoms with van der Waals surface area (Å²) in [6, 6.07) is 4.16. The maximum atomic E-state index is 6.53. The van der Waals surface area contributed by atoms with Gasteiger partial charge < -0.3 is 10.6 Å². The smallest absolute Gasteiger partial charge is 0.181 e. The van der Waals surface area contributed by atoms with Gasteiger partial charge in [0.25, 0.3) is 0 Å². The lowest BCUT2D eigenvalue weighted by Crippen LogP contribution is -2.38. The monoisotopic (exact) mass is 328 g/mol. The first kappa shape index (κ1) is 14.4. The number of pyridine rings is 1. The van der Waals surface area contributed by atoms with Gasteiger partial charge in [-0.15, -0.1) is 0 Å². The molecule has 1 saturated heterocycles. The Morgan fingerprint density at radius 3 is 2.91 bits per heavy atom. The molecule has 0 aromatic carbocycles. The van der Waals surface area contributed by atoms with E-state index in [9.17, 15) is 0 Å². The van der Waals surface area contributed by atoms with Gasteiger partial charge in [0.2, 0.25) is 0 Å². The van der Waals surface area contributed by atoms with Crippen molar-refractivity contribution in [3.63, 3.8) is 0 Å². The second-order valence-electron chi connectivity index (χ2n) is 5.64. The van der Waals surface area contributed by atoms with E-state index in [1.54, 1.807) is 18.6 Å². The molecule has 23 heavy (non-hydrogen) atoms. The zero-order valence-corrected chi connectivity index (χ0v) is 13.3. The Hall–Kier alpha value is -2.18. The van der Waals surface area contributed by atoms with Gasteiger partial charge in [0.1, 0.15) is 10.8 Å². The number of halogens is 1. The van der Waals surface area contributed by atoms with E-state index in [-0.39, 0.29) is 0 Å². The Morgan fingerprint density at radius 2 is 2.13 bits per heavy atom. The highest BCUT2D eigenvalue weighted by Crippen LogP contribution is 2.30. The number of piperidine rings is 1. The van der Waals surface area contributed by atoms with Gasteiger partial charge in [-0.1, -0.05) is 11.6 Å². The highest BCUT2D eigenvalue weighted by Gasteiger charge is 2.19. The highest BCUT2D eigenvalue weighted by atomic mass is 35.5. The molecule has 1 aliphatic heterocycles. The van der Waals surface area contributed by atoms with Crippen molar-refractivity contribution < 1.29 is 0 Å². The van der Waals surface area contributed by atoms with E-state index in [0.29, 0.717) is 11.2 Å². The minimum Gasteiger partial charge on any atom is -0.363 e. The quantitative estimate of drug-likeness (QED) is 0.773. The van der Waals surface area contributed by atoms with Crippen LogP contribution < -0.4 is 10.6 Å². The number of aromatic nitrogens is 4. The molecular formula is C16H17ClN6. The van der Waals surface area contributed by atoms with Crippen molar-refractivity contribution in [1.29, 1.82) is 0 Å². The van der Waals surface area contributed by atoms with Crippen LogP contribution in [-0.2, 0) is 0 Å². The number of rotatable bonds is 3. The van der Waals surface area contributed by atoms with E-state index in [1.807, 2.05) is 22.7 Å². The molecule has 0 radical (unpaired) electrons. The minimum atomic E-state index is 0.350. The molecule has 0 spiro atoms. The summed E-state index contributed by atoms with van der Waals surface area (Å²) in [5.74, 6) is 0.764. The normalized spacial score (nSPS) is 18.2. The molecule has 0 amide bonds. The Balaban J connectivity index is 1.80. The molecule has 1 fully saturated rings. The van der Waals surface area contributed by atoms with Gasteiger partial charge >= 0.3 is 0 Å². The van der Waals surface area contributed by atoms with Gasteiger partial charge in [0.15, 0.2) is 11.5 Å². The fraction of sp³-hybridized carbons (Fsp3) is 0.312. The van der Waals surface area contributed by atoms with Crippen molar-refractivity contribution in [1.82, 2.24) is 24.7 Å². The van der Waals surface area contributed by atoms with Crippen LogP contribution in [0.25, 0.3) is 16.9 Å². The number of imidazole rings is 1. The molecule has 7 heteroatoms. The predicted molar refractivity (Wildman–Crippen MR) is 90.7 cm³/mol. The Bertz CT molecular complexity index is 810. The number of hydrogen-bond donors (Lipinski definition) is 2. The highest BCUT2D eigenvalue weighted by molar-refractivity contribution is 6.32. The molecule has 4 rings (SSSR count). The van der Waals surface area contributed by atoms with Crippen LogP contribution in [0, 0.1) is 0 Å². The predicted octanol–water partition coefficient (Wildman–Crippen LogP) is 2.61. The largest absolute Gasteiger partial charge is 0.363 e. The average molecular weight is 329 g/mol. The first-order valence-corrected chi connectivity index (χ1v) is 8.11. The third-order valence-corrected chi connectivity index (χ3v) is 4.44. The molecule has 2 N–H and O–H groups in total. The summed E-state index contributed by atoms with van der Waals surface area (Å²) < 4.78 is 1.86. The first-order chi connectivity index (χ1) is 11.3. The molecule has 118 valence electrons. The third kappa shape index (κ3) is 2.75. The summed E-state index contributed by atoms with van der Waals surface area (Å²) in [6.07, 6.45) is 9.35. The van der Waals surface area contributed by atoms with Gasteiger partial charge in [-0.05, 0) is 31.5 Å². The fourth-order valence-corrected chi connectivity index (χ4v) is 3.21. The van der Waals surface area contributed by atoms with Crippen molar-refractivity contribution in [2.75, 3.05) is 18.4 Å². The third-order valence-electron chi connectivity index (χ3n) is 4.07. The Kier molecular flexibility index (Phi) is 3.85. The SMILES string of the molecule is Clc1c(-c2ccncc2)nc(N[C@H]2CCCNC2)c2nccn12. The molecule has 3 aromatic heterocycles. The summed E-state index contributed by atoms with van der Waals surface area (Å²) in [6.45, 7) is 2.01. The molecular weight excluding hydrogens is 312 g/mol. The van der Waals surface area contributed by atoms with Crippen LogP contribution in [-0.4, -0.2) is 38.5 Å². The maximum absolute atomic E-state index is 6.53. The van der Waals surface area contributed by atoms with E-state index in [1.165, 1.54) is 0 Å². The number of anilines is 1. The summed E-state index contributed by atoms with van der Waals surface area (Å²) >= 11 is 6.53. The number of nitrogens with zero attached hydrogens (tertiary/aromatic N) is 4. The summed E-state index contributed by atoms with van der Waals surface area (Å²) in [5.41, 5.74) is 2.41. The van der Waals surface area contributed by atoms with Crippen molar-refractivity contribution in [2.24, 2.45) is 0 Å². The van der Waals surface area contributed by atoms with E-state index >= 15 is 0 Å². The second-order valence-corrected chi connectivity index (χ2v) is 6.00. The summed E-state index contributed by atoms with van der Waals surface area (Å²) in [7, 11) is 0. The zero-order valence-electron chi connectivity index (χ0n) is 12.5. The number of fused-ring (bicyclic) bond motifs is 1. The lowest BCUT2D eigenvalue weighted by molar-refractivity contribution is 0.479. The standard InChI is InChI=1S/C16H17ClN6/c17-14-13(11-3-6-18-7-4-11)22-15(16-20-8-9-23(14)16)21-12-2-1-5-19-10-12/h3-4,6-9,12,19H,1-2,5,10H2,(H,21,22)/t12-/m0/s1. The van der Waals surface area contributed by atoms with Crippen molar-refractivity contribution in [2.45, 2.75) is 18.9 Å². The molecule has 0 bridgehead atoms. The van der Waals surface area contributed by atoms with Gasteiger partial charge in [-0.2, -0.15) is 0 Å². The minimum absolute atomic E-state index is 0.350. The molecule has 0 unspecified atom stereocenters. The van der Waals surface area contributed by atoms with Crippen LogP contribution in [0.2, 0.25) is 5.15 Å². The first-order valence-electron chi connectivity index (χ1n) is 7.73. The van der Waals surface area contributed by atoms with Crippen LogP contribution in [0.5, 0.6) is 0 Å². The maximum Gasteiger partial charge on any atom is 0.181 e. The molecule has 3 aromatic rings. The topological polar surface area (TPSA) is 67.1 Å². The number of hydrogen-bond acceptors (Lipinski definition) is 5. The van der Waals surface area contributed by atoms with Crippen LogP contribution in [0.4, 0.5) is 5.82 Å². The van der Waals surface area contributed by atoms with Gasteiger partial charge in [0, 0.05) is 42.9 Å². The molecule has 6 nitrogen and oxygen atoms in total. The van der Waals surface area contributed by atoms with Crippen LogP contribution >= 0.6 is 11.6 Å². The van der Waals surface area contributed by atoms with E-state index in [0.717, 1.165) is 48.7 Å². The number of nitrogens with one attached hydrogen (secondary N) is 2. The van der Waals surface area contributed by atoms with Gasteiger partial charge in [-0.3, -0.25) is 9.38 Å².